The van der Waals surface area contributed by atoms with Crippen LogP contribution < -0.4 is 10.6 Å². The van der Waals surface area contributed by atoms with Gasteiger partial charge in [-0.1, -0.05) is 23.9 Å². The van der Waals surface area contributed by atoms with E-state index in [1.807, 2.05) is 24.3 Å². The van der Waals surface area contributed by atoms with Gasteiger partial charge in [-0.25, -0.2) is 4.39 Å². The lowest BCUT2D eigenvalue weighted by molar-refractivity contribution is -0.125. The SMILES string of the molecule is Cl.O=C(NCc1ccc(Sc2ccc(F)cc2)cc1)C1CCNCC1. The Morgan fingerprint density at radius 2 is 1.60 bits per heavy atom. The molecule has 1 heterocycles. The third kappa shape index (κ3) is 6.03. The Hall–Kier alpha value is -1.56. The van der Waals surface area contributed by atoms with E-state index >= 15 is 0 Å². The van der Waals surface area contributed by atoms with Crippen molar-refractivity contribution in [1.29, 1.82) is 0 Å². The van der Waals surface area contributed by atoms with Crippen molar-refractivity contribution in [2.24, 2.45) is 5.92 Å². The van der Waals surface area contributed by atoms with Gasteiger partial charge in [-0.2, -0.15) is 0 Å². The number of rotatable bonds is 5. The van der Waals surface area contributed by atoms with Crippen LogP contribution in [-0.4, -0.2) is 19.0 Å². The molecule has 1 aliphatic heterocycles. The molecular formula is C19H22ClFN2OS. The van der Waals surface area contributed by atoms with E-state index in [0.717, 1.165) is 41.3 Å². The minimum atomic E-state index is -0.223. The Kier molecular flexibility index (Phi) is 7.75. The van der Waals surface area contributed by atoms with E-state index in [0.29, 0.717) is 6.54 Å². The molecule has 3 rings (SSSR count). The highest BCUT2D eigenvalue weighted by molar-refractivity contribution is 7.99. The maximum atomic E-state index is 12.9. The Labute approximate surface area is 158 Å². The molecule has 2 aromatic rings. The number of halogens is 2. The Balaban J connectivity index is 0.00000225. The van der Waals surface area contributed by atoms with Crippen LogP contribution in [0.3, 0.4) is 0 Å². The highest BCUT2D eigenvalue weighted by Crippen LogP contribution is 2.27. The van der Waals surface area contributed by atoms with Crippen LogP contribution in [0, 0.1) is 11.7 Å². The van der Waals surface area contributed by atoms with Gasteiger partial charge in [0.1, 0.15) is 5.82 Å². The fraction of sp³-hybridized carbons (Fsp3) is 0.316. The molecule has 25 heavy (non-hydrogen) atoms. The average molecular weight is 381 g/mol. The molecule has 2 N–H and O–H groups in total. The number of benzene rings is 2. The van der Waals surface area contributed by atoms with Gasteiger partial charge in [0.2, 0.25) is 5.91 Å². The fourth-order valence-corrected chi connectivity index (χ4v) is 3.55. The standard InChI is InChI=1S/C19H21FN2OS.ClH/c20-16-3-7-18(8-4-16)24-17-5-1-14(2-6-17)13-22-19(23)15-9-11-21-12-10-15;/h1-8,15,21H,9-13H2,(H,22,23);1H. The van der Waals surface area contributed by atoms with Gasteiger partial charge in [-0.05, 0) is 67.9 Å². The van der Waals surface area contributed by atoms with Gasteiger partial charge < -0.3 is 10.6 Å². The predicted molar refractivity (Wildman–Crippen MR) is 102 cm³/mol. The van der Waals surface area contributed by atoms with Gasteiger partial charge in [0.15, 0.2) is 0 Å². The average Bonchev–Trinajstić information content (AvgIpc) is 2.63. The second-order valence-electron chi connectivity index (χ2n) is 5.94. The first-order chi connectivity index (χ1) is 11.7. The third-order valence-electron chi connectivity index (χ3n) is 4.15. The number of carbonyl (C=O) groups is 1. The van der Waals surface area contributed by atoms with Crippen molar-refractivity contribution in [3.8, 4) is 0 Å². The minimum Gasteiger partial charge on any atom is -0.352 e. The van der Waals surface area contributed by atoms with Crippen LogP contribution in [0.5, 0.6) is 0 Å². The molecule has 0 unspecified atom stereocenters. The van der Waals surface area contributed by atoms with Crippen molar-refractivity contribution in [3.63, 3.8) is 0 Å². The first kappa shape index (κ1) is 19.8. The molecule has 0 radical (unpaired) electrons. The van der Waals surface area contributed by atoms with Crippen molar-refractivity contribution in [3.05, 3.63) is 59.9 Å². The number of hydrogen-bond donors (Lipinski definition) is 2. The molecule has 0 atom stereocenters. The van der Waals surface area contributed by atoms with E-state index in [2.05, 4.69) is 10.6 Å². The molecule has 0 aliphatic carbocycles. The van der Waals surface area contributed by atoms with Crippen molar-refractivity contribution in [2.75, 3.05) is 13.1 Å². The summed E-state index contributed by atoms with van der Waals surface area (Å²) in [5.41, 5.74) is 1.08. The second-order valence-corrected chi connectivity index (χ2v) is 7.09. The summed E-state index contributed by atoms with van der Waals surface area (Å²) in [6, 6.07) is 14.6. The Morgan fingerprint density at radius 3 is 2.20 bits per heavy atom. The van der Waals surface area contributed by atoms with Crippen molar-refractivity contribution < 1.29 is 9.18 Å². The Morgan fingerprint density at radius 1 is 1.04 bits per heavy atom. The summed E-state index contributed by atoms with van der Waals surface area (Å²) in [6.07, 6.45) is 1.83. The lowest BCUT2D eigenvalue weighted by Crippen LogP contribution is -2.37. The van der Waals surface area contributed by atoms with Gasteiger partial charge in [0, 0.05) is 22.3 Å². The molecule has 1 fully saturated rings. The predicted octanol–water partition coefficient (Wildman–Crippen LogP) is 4.01. The van der Waals surface area contributed by atoms with E-state index in [1.54, 1.807) is 23.9 Å². The summed E-state index contributed by atoms with van der Waals surface area (Å²) in [7, 11) is 0. The smallest absolute Gasteiger partial charge is 0.223 e. The van der Waals surface area contributed by atoms with Gasteiger partial charge in [0.05, 0.1) is 0 Å². The van der Waals surface area contributed by atoms with Crippen LogP contribution in [0.25, 0.3) is 0 Å². The Bertz CT molecular complexity index is 673. The van der Waals surface area contributed by atoms with Crippen molar-refractivity contribution >= 4 is 30.1 Å². The summed E-state index contributed by atoms with van der Waals surface area (Å²) in [5.74, 6) is 0.0694. The zero-order chi connectivity index (χ0) is 16.8. The summed E-state index contributed by atoms with van der Waals surface area (Å²) < 4.78 is 12.9. The fourth-order valence-electron chi connectivity index (χ4n) is 2.73. The maximum absolute atomic E-state index is 12.9. The topological polar surface area (TPSA) is 41.1 Å². The molecule has 134 valence electrons. The minimum absolute atomic E-state index is 0. The summed E-state index contributed by atoms with van der Waals surface area (Å²) in [5, 5.41) is 6.30. The largest absolute Gasteiger partial charge is 0.352 e. The molecule has 0 bridgehead atoms. The van der Waals surface area contributed by atoms with Gasteiger partial charge in [-0.3, -0.25) is 4.79 Å². The van der Waals surface area contributed by atoms with Gasteiger partial charge >= 0.3 is 0 Å². The quantitative estimate of drug-likeness (QED) is 0.823. The lowest BCUT2D eigenvalue weighted by Gasteiger charge is -2.21. The third-order valence-corrected chi connectivity index (χ3v) is 5.17. The van der Waals surface area contributed by atoms with E-state index in [9.17, 15) is 9.18 Å². The molecule has 1 aliphatic rings. The summed E-state index contributed by atoms with van der Waals surface area (Å²) >= 11 is 1.59. The molecule has 6 heteroatoms. The molecule has 0 saturated carbocycles. The van der Waals surface area contributed by atoms with Crippen molar-refractivity contribution in [1.82, 2.24) is 10.6 Å². The number of nitrogens with one attached hydrogen (secondary N) is 2. The zero-order valence-electron chi connectivity index (χ0n) is 13.8. The monoisotopic (exact) mass is 380 g/mol. The normalized spacial score (nSPS) is 14.6. The molecule has 1 amide bonds. The molecule has 2 aromatic carbocycles. The van der Waals surface area contributed by atoms with Crippen molar-refractivity contribution in [2.45, 2.75) is 29.2 Å². The summed E-state index contributed by atoms with van der Waals surface area (Å²) in [6.45, 7) is 2.41. The van der Waals surface area contributed by atoms with Gasteiger partial charge in [-0.15, -0.1) is 12.4 Å². The van der Waals surface area contributed by atoms with E-state index < -0.39 is 0 Å². The van der Waals surface area contributed by atoms with Crippen LogP contribution in [0.2, 0.25) is 0 Å². The first-order valence-electron chi connectivity index (χ1n) is 8.21. The molecule has 1 saturated heterocycles. The zero-order valence-corrected chi connectivity index (χ0v) is 15.5. The number of amides is 1. The maximum Gasteiger partial charge on any atom is 0.223 e. The lowest BCUT2D eigenvalue weighted by atomic mass is 9.97. The van der Waals surface area contributed by atoms with Crippen LogP contribution in [-0.2, 0) is 11.3 Å². The summed E-state index contributed by atoms with van der Waals surface area (Å²) in [4.78, 5) is 14.2. The molecular weight excluding hydrogens is 359 g/mol. The van der Waals surface area contributed by atoms with Crippen LogP contribution in [0.15, 0.2) is 58.3 Å². The molecule has 3 nitrogen and oxygen atoms in total. The first-order valence-corrected chi connectivity index (χ1v) is 9.03. The van der Waals surface area contributed by atoms with E-state index in [-0.39, 0.29) is 30.0 Å². The molecule has 0 aromatic heterocycles. The van der Waals surface area contributed by atoms with Crippen LogP contribution >= 0.6 is 24.2 Å². The number of carbonyl (C=O) groups excluding carboxylic acids is 1. The van der Waals surface area contributed by atoms with Crippen LogP contribution in [0.1, 0.15) is 18.4 Å². The van der Waals surface area contributed by atoms with E-state index in [1.165, 1.54) is 12.1 Å². The second kappa shape index (κ2) is 9.80. The highest BCUT2D eigenvalue weighted by atomic mass is 35.5. The molecule has 0 spiro atoms. The highest BCUT2D eigenvalue weighted by Gasteiger charge is 2.20. The van der Waals surface area contributed by atoms with Gasteiger partial charge in [0.25, 0.3) is 0 Å². The van der Waals surface area contributed by atoms with Crippen LogP contribution in [0.4, 0.5) is 4.39 Å². The number of hydrogen-bond acceptors (Lipinski definition) is 3. The number of piperidine rings is 1. The van der Waals surface area contributed by atoms with E-state index in [4.69, 9.17) is 0 Å².